The highest BCUT2D eigenvalue weighted by molar-refractivity contribution is 5.45. The average molecular weight is 228 g/mol. The van der Waals surface area contributed by atoms with Crippen molar-refractivity contribution < 1.29 is 14.4 Å². The fraction of sp³-hybridized carbons (Fsp3) is 0.400. The number of hydrogen-bond donors (Lipinski definition) is 2. The number of phenols is 1. The van der Waals surface area contributed by atoms with Gasteiger partial charge in [-0.25, -0.2) is 0 Å². The molecule has 0 saturated heterocycles. The normalized spacial score (nSPS) is 12.4. The Labute approximate surface area is 91.8 Å². The minimum Gasteiger partial charge on any atom is -0.508 e. The second-order valence-electron chi connectivity index (χ2n) is 3.60. The molecule has 1 atom stereocenters. The van der Waals surface area contributed by atoms with E-state index >= 15 is 0 Å². The molecule has 3 N–H and O–H groups in total. The first-order valence-corrected chi connectivity index (χ1v) is 4.84. The Morgan fingerprint density at radius 3 is 2.75 bits per heavy atom. The molecule has 0 spiro atoms. The van der Waals surface area contributed by atoms with Crippen molar-refractivity contribution >= 4 is 5.69 Å². The Kier molecular flexibility index (Phi) is 3.78. The van der Waals surface area contributed by atoms with Crippen molar-refractivity contribution in [1.82, 2.24) is 0 Å². The summed E-state index contributed by atoms with van der Waals surface area (Å²) >= 11 is 0. The molecule has 1 aromatic rings. The van der Waals surface area contributed by atoms with Crippen molar-refractivity contribution in [3.8, 4) is 5.75 Å². The Bertz CT molecular complexity index is 409. The van der Waals surface area contributed by atoms with Crippen molar-refractivity contribution in [1.29, 1.82) is 0 Å². The molecule has 0 aromatic heterocycles. The smallest absolute Gasteiger partial charge is 0.305 e. The molecule has 0 aliphatic heterocycles. The molecule has 1 rings (SSSR count). The zero-order valence-corrected chi connectivity index (χ0v) is 8.81. The lowest BCUT2D eigenvalue weighted by Gasteiger charge is -2.12. The molecule has 88 valence electrons. The summed E-state index contributed by atoms with van der Waals surface area (Å²) < 4.78 is 13.1. The first-order chi connectivity index (χ1) is 7.47. The summed E-state index contributed by atoms with van der Waals surface area (Å²) in [6, 6.07) is 1.82. The van der Waals surface area contributed by atoms with Gasteiger partial charge in [0.15, 0.2) is 0 Å². The van der Waals surface area contributed by atoms with E-state index in [1.165, 1.54) is 0 Å². The van der Waals surface area contributed by atoms with Gasteiger partial charge in [0.05, 0.1) is 4.92 Å². The number of nitrogens with zero attached hydrogens (tertiary/aromatic N) is 1. The number of nitro groups is 1. The maximum atomic E-state index is 13.1. The Morgan fingerprint density at radius 1 is 1.62 bits per heavy atom. The summed E-state index contributed by atoms with van der Waals surface area (Å²) in [5.74, 6) is -1.46. The standard InChI is InChI=1S/C10H13FN2O3/c1-6(2-3-12)7-4-9(13(15)16)8(11)5-10(7)14/h4-6,14H,2-3,12H2,1H3. The van der Waals surface area contributed by atoms with Crippen LogP contribution in [-0.4, -0.2) is 16.6 Å². The van der Waals surface area contributed by atoms with E-state index in [4.69, 9.17) is 5.73 Å². The van der Waals surface area contributed by atoms with Crippen LogP contribution in [0.2, 0.25) is 0 Å². The fourth-order valence-corrected chi connectivity index (χ4v) is 1.51. The van der Waals surface area contributed by atoms with Gasteiger partial charge in [-0.2, -0.15) is 4.39 Å². The maximum absolute atomic E-state index is 13.1. The summed E-state index contributed by atoms with van der Waals surface area (Å²) in [4.78, 5) is 9.71. The van der Waals surface area contributed by atoms with Gasteiger partial charge in [-0.1, -0.05) is 6.92 Å². The quantitative estimate of drug-likeness (QED) is 0.608. The van der Waals surface area contributed by atoms with Crippen molar-refractivity contribution in [2.24, 2.45) is 5.73 Å². The second kappa shape index (κ2) is 4.89. The summed E-state index contributed by atoms with van der Waals surface area (Å²) in [5, 5.41) is 20.0. The van der Waals surface area contributed by atoms with Crippen LogP contribution >= 0.6 is 0 Å². The molecule has 0 aliphatic rings. The lowest BCUT2D eigenvalue weighted by molar-refractivity contribution is -0.387. The van der Waals surface area contributed by atoms with Gasteiger partial charge in [0.2, 0.25) is 5.82 Å². The fourth-order valence-electron chi connectivity index (χ4n) is 1.51. The van der Waals surface area contributed by atoms with Gasteiger partial charge >= 0.3 is 5.69 Å². The molecular formula is C10H13FN2O3. The van der Waals surface area contributed by atoms with Crippen LogP contribution in [-0.2, 0) is 0 Å². The summed E-state index contributed by atoms with van der Waals surface area (Å²) in [6.45, 7) is 2.16. The van der Waals surface area contributed by atoms with Crippen LogP contribution in [0.1, 0.15) is 24.8 Å². The number of phenolic OH excluding ortho intramolecular Hbond substituents is 1. The van der Waals surface area contributed by atoms with Crippen LogP contribution in [0.5, 0.6) is 5.75 Å². The molecule has 1 aromatic carbocycles. The van der Waals surface area contributed by atoms with E-state index in [0.29, 0.717) is 18.5 Å². The van der Waals surface area contributed by atoms with E-state index in [-0.39, 0.29) is 11.7 Å². The predicted octanol–water partition coefficient (Wildman–Crippen LogP) is 1.89. The van der Waals surface area contributed by atoms with Gasteiger partial charge in [0, 0.05) is 17.7 Å². The summed E-state index contributed by atoms with van der Waals surface area (Å²) in [5.41, 5.74) is 5.07. The molecular weight excluding hydrogens is 215 g/mol. The number of aromatic hydroxyl groups is 1. The molecule has 0 amide bonds. The Hall–Kier alpha value is -1.69. The van der Waals surface area contributed by atoms with Crippen molar-refractivity contribution in [2.45, 2.75) is 19.3 Å². The molecule has 5 nitrogen and oxygen atoms in total. The van der Waals surface area contributed by atoms with Gasteiger partial charge in [-0.15, -0.1) is 0 Å². The lowest BCUT2D eigenvalue weighted by atomic mass is 9.96. The molecule has 6 heteroatoms. The third-order valence-electron chi connectivity index (χ3n) is 2.42. The Morgan fingerprint density at radius 2 is 2.25 bits per heavy atom. The highest BCUT2D eigenvalue weighted by Crippen LogP contribution is 2.33. The van der Waals surface area contributed by atoms with E-state index in [1.807, 2.05) is 0 Å². The molecule has 0 heterocycles. The third-order valence-corrected chi connectivity index (χ3v) is 2.42. The summed E-state index contributed by atoms with van der Waals surface area (Å²) in [7, 11) is 0. The monoisotopic (exact) mass is 228 g/mol. The largest absolute Gasteiger partial charge is 0.508 e. The Balaban J connectivity index is 3.19. The number of nitrogens with two attached hydrogens (primary N) is 1. The van der Waals surface area contributed by atoms with Crippen LogP contribution in [0.4, 0.5) is 10.1 Å². The lowest BCUT2D eigenvalue weighted by Crippen LogP contribution is -2.05. The second-order valence-corrected chi connectivity index (χ2v) is 3.60. The number of rotatable bonds is 4. The van der Waals surface area contributed by atoms with Crippen LogP contribution in [0.15, 0.2) is 12.1 Å². The van der Waals surface area contributed by atoms with Crippen molar-refractivity contribution in [3.05, 3.63) is 33.6 Å². The molecule has 0 bridgehead atoms. The van der Waals surface area contributed by atoms with Gasteiger partial charge in [-0.05, 0) is 18.9 Å². The minimum atomic E-state index is -1.04. The van der Waals surface area contributed by atoms with Crippen LogP contribution in [0.3, 0.4) is 0 Å². The van der Waals surface area contributed by atoms with Crippen LogP contribution in [0.25, 0.3) is 0 Å². The number of nitro benzene ring substituents is 1. The van der Waals surface area contributed by atoms with E-state index in [1.54, 1.807) is 6.92 Å². The van der Waals surface area contributed by atoms with E-state index in [2.05, 4.69) is 0 Å². The van der Waals surface area contributed by atoms with Gasteiger partial charge in [-0.3, -0.25) is 10.1 Å². The SMILES string of the molecule is CC(CCN)c1cc([N+](=O)[O-])c(F)cc1O. The van der Waals surface area contributed by atoms with Crippen molar-refractivity contribution in [3.63, 3.8) is 0 Å². The van der Waals surface area contributed by atoms with Gasteiger partial charge < -0.3 is 10.8 Å². The molecule has 1 unspecified atom stereocenters. The first kappa shape index (κ1) is 12.4. The minimum absolute atomic E-state index is 0.149. The third kappa shape index (κ3) is 2.46. The molecule has 0 radical (unpaired) electrons. The maximum Gasteiger partial charge on any atom is 0.305 e. The number of hydrogen-bond acceptors (Lipinski definition) is 4. The highest BCUT2D eigenvalue weighted by atomic mass is 19.1. The number of benzene rings is 1. The number of halogens is 1. The molecule has 0 fully saturated rings. The molecule has 16 heavy (non-hydrogen) atoms. The van der Waals surface area contributed by atoms with Crippen molar-refractivity contribution in [2.75, 3.05) is 6.54 Å². The van der Waals surface area contributed by atoms with E-state index in [0.717, 1.165) is 12.1 Å². The zero-order chi connectivity index (χ0) is 12.3. The predicted molar refractivity (Wildman–Crippen MR) is 56.8 cm³/mol. The molecule has 0 saturated carbocycles. The first-order valence-electron chi connectivity index (χ1n) is 4.84. The molecule has 0 aliphatic carbocycles. The van der Waals surface area contributed by atoms with Crippen LogP contribution < -0.4 is 5.73 Å². The van der Waals surface area contributed by atoms with Gasteiger partial charge in [0.1, 0.15) is 5.75 Å². The van der Waals surface area contributed by atoms with Crippen LogP contribution in [0, 0.1) is 15.9 Å². The highest BCUT2D eigenvalue weighted by Gasteiger charge is 2.20. The zero-order valence-electron chi connectivity index (χ0n) is 8.81. The summed E-state index contributed by atoms with van der Waals surface area (Å²) in [6.07, 6.45) is 0.566. The average Bonchev–Trinajstić information content (AvgIpc) is 2.17. The van der Waals surface area contributed by atoms with Gasteiger partial charge in [0.25, 0.3) is 0 Å². The van der Waals surface area contributed by atoms with E-state index < -0.39 is 16.4 Å². The van der Waals surface area contributed by atoms with E-state index in [9.17, 15) is 19.6 Å². The topological polar surface area (TPSA) is 89.4 Å².